The lowest BCUT2D eigenvalue weighted by Gasteiger charge is -2.35. The Hall–Kier alpha value is -1.50. The number of hydrogen-bond donors (Lipinski definition) is 1. The highest BCUT2D eigenvalue weighted by Crippen LogP contribution is 2.22. The predicted octanol–water partition coefficient (Wildman–Crippen LogP) is 2.23. The fourth-order valence-electron chi connectivity index (χ4n) is 2.94. The van der Waals surface area contributed by atoms with Crippen LogP contribution in [0.3, 0.4) is 0 Å². The number of aryl methyl sites for hydroxylation is 1. The maximum absolute atomic E-state index is 13.2. The molecule has 0 bridgehead atoms. The summed E-state index contributed by atoms with van der Waals surface area (Å²) in [4.78, 5) is 14.1. The number of nitrogens with one attached hydrogen (secondary N) is 1. The van der Waals surface area contributed by atoms with Crippen LogP contribution in [0.4, 0.5) is 8.78 Å². The van der Waals surface area contributed by atoms with Gasteiger partial charge in [-0.1, -0.05) is 13.8 Å². The van der Waals surface area contributed by atoms with Gasteiger partial charge < -0.3 is 10.2 Å². The molecule has 124 valence electrons. The van der Waals surface area contributed by atoms with Crippen molar-refractivity contribution in [1.29, 1.82) is 0 Å². The van der Waals surface area contributed by atoms with Gasteiger partial charge in [0.25, 0.3) is 12.3 Å². The van der Waals surface area contributed by atoms with E-state index in [9.17, 15) is 13.6 Å². The van der Waals surface area contributed by atoms with Gasteiger partial charge >= 0.3 is 0 Å². The molecule has 1 amide bonds. The quantitative estimate of drug-likeness (QED) is 0.907. The summed E-state index contributed by atoms with van der Waals surface area (Å²) in [6.07, 6.45) is -0.863. The Balaban J connectivity index is 2.32. The van der Waals surface area contributed by atoms with E-state index < -0.39 is 12.5 Å². The average molecular weight is 314 g/mol. The van der Waals surface area contributed by atoms with Gasteiger partial charge in [-0.15, -0.1) is 0 Å². The smallest absolute Gasteiger partial charge is 0.272 e. The Morgan fingerprint density at radius 2 is 2.14 bits per heavy atom. The monoisotopic (exact) mass is 314 g/mol. The van der Waals surface area contributed by atoms with Gasteiger partial charge in [0.1, 0.15) is 11.7 Å². The summed E-state index contributed by atoms with van der Waals surface area (Å²) >= 11 is 0. The highest BCUT2D eigenvalue weighted by molar-refractivity contribution is 5.93. The Labute approximate surface area is 129 Å². The van der Waals surface area contributed by atoms with E-state index in [1.54, 1.807) is 10.7 Å². The number of hydrogen-bond acceptors (Lipinski definition) is 3. The third kappa shape index (κ3) is 3.29. The molecule has 0 spiro atoms. The molecule has 1 N–H and O–H groups in total. The number of piperazine rings is 1. The van der Waals surface area contributed by atoms with Crippen molar-refractivity contribution in [3.8, 4) is 0 Å². The van der Waals surface area contributed by atoms with Crippen molar-refractivity contribution >= 4 is 5.91 Å². The zero-order chi connectivity index (χ0) is 16.3. The molecule has 1 aromatic rings. The molecule has 22 heavy (non-hydrogen) atoms. The summed E-state index contributed by atoms with van der Waals surface area (Å²) in [5.41, 5.74) is 1.15. The highest BCUT2D eigenvalue weighted by atomic mass is 19.3. The molecule has 1 aliphatic heterocycles. The standard InChI is InChI=1S/C15H24F2N4O/c1-4-11(5-2)21-12(8-10(3)19-21)15(22)20-7-6-18-9-13(20)14(16)17/h8,11,13-14,18H,4-7,9H2,1-3H3. The molecule has 1 atom stereocenters. The molecule has 2 rings (SSSR count). The first-order chi connectivity index (χ1) is 10.5. The number of halogens is 2. The van der Waals surface area contributed by atoms with E-state index in [0.29, 0.717) is 18.8 Å². The van der Waals surface area contributed by atoms with E-state index in [2.05, 4.69) is 10.4 Å². The summed E-state index contributed by atoms with van der Waals surface area (Å²) in [6, 6.07) is 0.734. The van der Waals surface area contributed by atoms with E-state index in [1.165, 1.54) is 4.90 Å². The first-order valence-corrected chi connectivity index (χ1v) is 7.85. The van der Waals surface area contributed by atoms with Crippen molar-refractivity contribution in [3.63, 3.8) is 0 Å². The summed E-state index contributed by atoms with van der Waals surface area (Å²) in [7, 11) is 0. The van der Waals surface area contributed by atoms with Crippen molar-refractivity contribution in [2.24, 2.45) is 0 Å². The second-order valence-corrected chi connectivity index (χ2v) is 5.69. The molecule has 1 fully saturated rings. The lowest BCUT2D eigenvalue weighted by molar-refractivity contribution is 0.0117. The Kier molecular flexibility index (Phi) is 5.50. The van der Waals surface area contributed by atoms with E-state index in [4.69, 9.17) is 0 Å². The van der Waals surface area contributed by atoms with Crippen LogP contribution >= 0.6 is 0 Å². The lowest BCUT2D eigenvalue weighted by atomic mass is 10.1. The molecule has 2 heterocycles. The van der Waals surface area contributed by atoms with Gasteiger partial charge in [0.05, 0.1) is 11.7 Å². The van der Waals surface area contributed by atoms with Crippen LogP contribution < -0.4 is 5.32 Å². The van der Waals surface area contributed by atoms with Crippen molar-refractivity contribution in [3.05, 3.63) is 17.5 Å². The van der Waals surface area contributed by atoms with Crippen molar-refractivity contribution in [2.75, 3.05) is 19.6 Å². The first-order valence-electron chi connectivity index (χ1n) is 7.85. The Bertz CT molecular complexity index is 514. The molecule has 0 aromatic carbocycles. The van der Waals surface area contributed by atoms with E-state index in [0.717, 1.165) is 18.5 Å². The van der Waals surface area contributed by atoms with Crippen LogP contribution in [-0.4, -0.2) is 52.7 Å². The number of carbonyl (C=O) groups is 1. The van der Waals surface area contributed by atoms with Crippen LogP contribution in [0.5, 0.6) is 0 Å². The largest absolute Gasteiger partial charge is 0.326 e. The van der Waals surface area contributed by atoms with Crippen LogP contribution in [0.25, 0.3) is 0 Å². The van der Waals surface area contributed by atoms with Crippen molar-refractivity contribution in [1.82, 2.24) is 20.0 Å². The number of aromatic nitrogens is 2. The summed E-state index contributed by atoms with van der Waals surface area (Å²) < 4.78 is 28.1. The Morgan fingerprint density at radius 3 is 2.73 bits per heavy atom. The molecular weight excluding hydrogens is 290 g/mol. The predicted molar refractivity (Wildman–Crippen MR) is 80.3 cm³/mol. The van der Waals surface area contributed by atoms with Crippen LogP contribution in [-0.2, 0) is 0 Å². The maximum atomic E-state index is 13.2. The first kappa shape index (κ1) is 16.9. The second kappa shape index (κ2) is 7.17. The molecule has 0 aliphatic carbocycles. The molecule has 1 aromatic heterocycles. The number of amides is 1. The van der Waals surface area contributed by atoms with Crippen molar-refractivity contribution in [2.45, 2.75) is 52.1 Å². The molecule has 5 nitrogen and oxygen atoms in total. The van der Waals surface area contributed by atoms with Gasteiger partial charge in [-0.25, -0.2) is 8.78 Å². The van der Waals surface area contributed by atoms with E-state index in [-0.39, 0.29) is 18.5 Å². The number of nitrogens with zero attached hydrogens (tertiary/aromatic N) is 3. The SMILES string of the molecule is CCC(CC)n1nc(C)cc1C(=O)N1CCNCC1C(F)F. The normalized spacial score (nSPS) is 19.2. The third-order valence-electron chi connectivity index (χ3n) is 4.20. The van der Waals surface area contributed by atoms with Gasteiger partial charge in [0.2, 0.25) is 0 Å². The fraction of sp³-hybridized carbons (Fsp3) is 0.733. The zero-order valence-corrected chi connectivity index (χ0v) is 13.4. The van der Waals surface area contributed by atoms with Crippen LogP contribution in [0, 0.1) is 6.92 Å². The Morgan fingerprint density at radius 1 is 1.45 bits per heavy atom. The zero-order valence-electron chi connectivity index (χ0n) is 13.4. The molecule has 1 unspecified atom stereocenters. The molecule has 7 heteroatoms. The van der Waals surface area contributed by atoms with Crippen LogP contribution in [0.15, 0.2) is 6.07 Å². The molecule has 0 saturated carbocycles. The van der Waals surface area contributed by atoms with Crippen molar-refractivity contribution < 1.29 is 13.6 Å². The number of rotatable bonds is 5. The minimum absolute atomic E-state index is 0.112. The second-order valence-electron chi connectivity index (χ2n) is 5.69. The molecule has 0 radical (unpaired) electrons. The maximum Gasteiger partial charge on any atom is 0.272 e. The van der Waals surface area contributed by atoms with Gasteiger partial charge in [-0.2, -0.15) is 5.10 Å². The topological polar surface area (TPSA) is 50.2 Å². The third-order valence-corrected chi connectivity index (χ3v) is 4.20. The fourth-order valence-corrected chi connectivity index (χ4v) is 2.94. The van der Waals surface area contributed by atoms with Gasteiger partial charge in [-0.3, -0.25) is 9.48 Å². The van der Waals surface area contributed by atoms with E-state index in [1.807, 2.05) is 20.8 Å². The molecule has 1 saturated heterocycles. The van der Waals surface area contributed by atoms with Gasteiger partial charge in [-0.05, 0) is 25.8 Å². The summed E-state index contributed by atoms with van der Waals surface area (Å²) in [5, 5.41) is 7.33. The summed E-state index contributed by atoms with van der Waals surface area (Å²) in [6.45, 7) is 6.84. The van der Waals surface area contributed by atoms with Crippen LogP contribution in [0.1, 0.15) is 48.9 Å². The molecular formula is C15H24F2N4O. The van der Waals surface area contributed by atoms with Gasteiger partial charge in [0, 0.05) is 19.6 Å². The lowest BCUT2D eigenvalue weighted by Crippen LogP contribution is -2.56. The summed E-state index contributed by atoms with van der Waals surface area (Å²) in [5.74, 6) is -0.348. The molecule has 1 aliphatic rings. The minimum atomic E-state index is -2.55. The van der Waals surface area contributed by atoms with Gasteiger partial charge in [0.15, 0.2) is 0 Å². The highest BCUT2D eigenvalue weighted by Gasteiger charge is 2.35. The number of carbonyl (C=O) groups excluding carboxylic acids is 1. The average Bonchev–Trinajstić information content (AvgIpc) is 2.89. The van der Waals surface area contributed by atoms with Crippen LogP contribution in [0.2, 0.25) is 0 Å². The number of alkyl halides is 2. The minimum Gasteiger partial charge on any atom is -0.326 e. The van der Waals surface area contributed by atoms with E-state index >= 15 is 0 Å².